The summed E-state index contributed by atoms with van der Waals surface area (Å²) in [6.45, 7) is 1.73. The van der Waals surface area contributed by atoms with Gasteiger partial charge in [-0.25, -0.2) is 0 Å². The van der Waals surface area contributed by atoms with Gasteiger partial charge in [0.25, 0.3) is 5.91 Å². The van der Waals surface area contributed by atoms with E-state index in [1.807, 2.05) is 6.07 Å². The van der Waals surface area contributed by atoms with Crippen LogP contribution in [0.5, 0.6) is 0 Å². The zero-order chi connectivity index (χ0) is 16.4. The summed E-state index contributed by atoms with van der Waals surface area (Å²) in [6.07, 6.45) is 0.699. The lowest BCUT2D eigenvalue weighted by Gasteiger charge is -2.31. The molecule has 0 aromatic heterocycles. The van der Waals surface area contributed by atoms with Gasteiger partial charge < -0.3 is 19.7 Å². The van der Waals surface area contributed by atoms with Gasteiger partial charge in [0, 0.05) is 37.0 Å². The van der Waals surface area contributed by atoms with E-state index in [0.717, 1.165) is 5.56 Å². The molecule has 1 saturated heterocycles. The normalized spacial score (nSPS) is 19.0. The predicted molar refractivity (Wildman–Crippen MR) is 84.1 cm³/mol. The molecule has 0 unspecified atom stereocenters. The third-order valence-electron chi connectivity index (χ3n) is 4.21. The van der Waals surface area contributed by atoms with Crippen LogP contribution in [0.2, 0.25) is 5.02 Å². The fraction of sp³-hybridized carbons (Fsp3) is 0.500. The molecule has 2 amide bonds. The highest BCUT2D eigenvalue weighted by molar-refractivity contribution is 6.31. The van der Waals surface area contributed by atoms with Gasteiger partial charge in [0.2, 0.25) is 5.91 Å². The van der Waals surface area contributed by atoms with Crippen LogP contribution in [-0.2, 0) is 20.8 Å². The van der Waals surface area contributed by atoms with Gasteiger partial charge in [0.15, 0.2) is 5.79 Å². The first-order chi connectivity index (χ1) is 11.0. The molecule has 1 aromatic rings. The van der Waals surface area contributed by atoms with E-state index in [-0.39, 0.29) is 18.2 Å². The van der Waals surface area contributed by atoms with Crippen molar-refractivity contribution in [3.8, 4) is 0 Å². The second kappa shape index (κ2) is 6.47. The van der Waals surface area contributed by atoms with Gasteiger partial charge in [0.1, 0.15) is 0 Å². The lowest BCUT2D eigenvalue weighted by Crippen LogP contribution is -2.45. The number of halogens is 1. The van der Waals surface area contributed by atoms with Crippen molar-refractivity contribution in [2.45, 2.75) is 25.2 Å². The third kappa shape index (κ3) is 3.34. The molecule has 0 bridgehead atoms. The lowest BCUT2D eigenvalue weighted by molar-refractivity contribution is -0.173. The molecule has 2 aliphatic heterocycles. The zero-order valence-electron chi connectivity index (χ0n) is 12.9. The van der Waals surface area contributed by atoms with Crippen LogP contribution in [0, 0.1) is 0 Å². The lowest BCUT2D eigenvalue weighted by atomic mass is 10.1. The van der Waals surface area contributed by atoms with Crippen LogP contribution in [0.15, 0.2) is 18.2 Å². The molecule has 2 heterocycles. The summed E-state index contributed by atoms with van der Waals surface area (Å²) < 4.78 is 11.5. The van der Waals surface area contributed by atoms with E-state index in [1.165, 1.54) is 0 Å². The second-order valence-electron chi connectivity index (χ2n) is 5.74. The van der Waals surface area contributed by atoms with Crippen molar-refractivity contribution in [2.24, 2.45) is 0 Å². The number of rotatable bonds is 5. The average Bonchev–Trinajstić information content (AvgIpc) is 3.12. The first kappa shape index (κ1) is 16.2. The largest absolute Gasteiger partial charge is 0.359 e. The minimum atomic E-state index is -0.909. The molecule has 3 rings (SSSR count). The zero-order valence-corrected chi connectivity index (χ0v) is 13.7. The monoisotopic (exact) mass is 338 g/mol. The Bertz CT molecular complexity index is 629. The van der Waals surface area contributed by atoms with Crippen LogP contribution >= 0.6 is 11.6 Å². The molecule has 1 aromatic carbocycles. The smallest absolute Gasteiger partial charge is 0.254 e. The van der Waals surface area contributed by atoms with E-state index in [1.54, 1.807) is 24.1 Å². The van der Waals surface area contributed by atoms with Crippen LogP contribution in [-0.4, -0.2) is 49.3 Å². The highest BCUT2D eigenvalue weighted by Crippen LogP contribution is 2.31. The molecule has 0 saturated carbocycles. The first-order valence-corrected chi connectivity index (χ1v) is 7.97. The van der Waals surface area contributed by atoms with E-state index in [4.69, 9.17) is 21.1 Å². The van der Waals surface area contributed by atoms with Crippen LogP contribution in [0.25, 0.3) is 0 Å². The maximum atomic E-state index is 12.6. The van der Waals surface area contributed by atoms with Gasteiger partial charge in [-0.15, -0.1) is 0 Å². The quantitative estimate of drug-likeness (QED) is 0.884. The Hall–Kier alpha value is -1.63. The van der Waals surface area contributed by atoms with E-state index in [9.17, 15) is 9.59 Å². The van der Waals surface area contributed by atoms with Crippen molar-refractivity contribution in [3.05, 3.63) is 34.3 Å². The fourth-order valence-electron chi connectivity index (χ4n) is 2.99. The molecule has 0 aliphatic carbocycles. The molecular formula is C16H19ClN2O4. The van der Waals surface area contributed by atoms with Crippen LogP contribution in [0.4, 0.5) is 0 Å². The first-order valence-electron chi connectivity index (χ1n) is 7.59. The molecule has 0 spiro atoms. The average molecular weight is 339 g/mol. The number of carbonyl (C=O) groups excluding carboxylic acids is 2. The van der Waals surface area contributed by atoms with Gasteiger partial charge in [-0.1, -0.05) is 17.7 Å². The summed E-state index contributed by atoms with van der Waals surface area (Å²) in [7, 11) is 1.59. The number of nitrogens with one attached hydrogen (secondary N) is 1. The SMILES string of the molecule is CNC(=O)CCC1(CN2Cc3ccc(Cl)cc3C2=O)OCCO1. The molecule has 1 fully saturated rings. The Balaban J connectivity index is 1.72. The number of ether oxygens (including phenoxy) is 2. The number of carbonyl (C=O) groups is 2. The van der Waals surface area contributed by atoms with E-state index >= 15 is 0 Å². The molecule has 2 aliphatic rings. The number of benzene rings is 1. The number of amides is 2. The maximum Gasteiger partial charge on any atom is 0.254 e. The summed E-state index contributed by atoms with van der Waals surface area (Å²) in [5.74, 6) is -1.07. The number of hydrogen-bond donors (Lipinski definition) is 1. The Labute approximate surface area is 139 Å². The molecule has 6 nitrogen and oxygen atoms in total. The topological polar surface area (TPSA) is 67.9 Å². The minimum absolute atomic E-state index is 0.0775. The molecule has 7 heteroatoms. The van der Waals surface area contributed by atoms with Gasteiger partial charge in [0.05, 0.1) is 19.8 Å². The molecule has 0 radical (unpaired) electrons. The van der Waals surface area contributed by atoms with Crippen molar-refractivity contribution < 1.29 is 19.1 Å². The van der Waals surface area contributed by atoms with Gasteiger partial charge in [-0.3, -0.25) is 9.59 Å². The van der Waals surface area contributed by atoms with Crippen molar-refractivity contribution in [2.75, 3.05) is 26.8 Å². The summed E-state index contributed by atoms with van der Waals surface area (Å²) in [5, 5.41) is 3.13. The van der Waals surface area contributed by atoms with Gasteiger partial charge >= 0.3 is 0 Å². The van der Waals surface area contributed by atoms with Gasteiger partial charge in [-0.2, -0.15) is 0 Å². The highest BCUT2D eigenvalue weighted by atomic mass is 35.5. The summed E-state index contributed by atoms with van der Waals surface area (Å²) in [4.78, 5) is 25.8. The van der Waals surface area contributed by atoms with Crippen molar-refractivity contribution in [3.63, 3.8) is 0 Å². The number of hydrogen-bond acceptors (Lipinski definition) is 4. The molecule has 124 valence electrons. The Morgan fingerprint density at radius 1 is 1.39 bits per heavy atom. The maximum absolute atomic E-state index is 12.6. The van der Waals surface area contributed by atoms with Crippen LogP contribution < -0.4 is 5.32 Å². The Morgan fingerprint density at radius 2 is 2.13 bits per heavy atom. The molecular weight excluding hydrogens is 320 g/mol. The van der Waals surface area contributed by atoms with Crippen LogP contribution in [0.3, 0.4) is 0 Å². The minimum Gasteiger partial charge on any atom is -0.359 e. The summed E-state index contributed by atoms with van der Waals surface area (Å²) >= 11 is 5.97. The van der Waals surface area contributed by atoms with Crippen molar-refractivity contribution in [1.82, 2.24) is 10.2 Å². The molecule has 23 heavy (non-hydrogen) atoms. The summed E-state index contributed by atoms with van der Waals surface area (Å²) in [6, 6.07) is 5.33. The summed E-state index contributed by atoms with van der Waals surface area (Å²) in [5.41, 5.74) is 1.57. The highest BCUT2D eigenvalue weighted by Gasteiger charge is 2.41. The van der Waals surface area contributed by atoms with Gasteiger partial charge in [-0.05, 0) is 17.7 Å². The van der Waals surface area contributed by atoms with Crippen molar-refractivity contribution in [1.29, 1.82) is 0 Å². The number of nitrogens with zero attached hydrogens (tertiary/aromatic N) is 1. The third-order valence-corrected chi connectivity index (χ3v) is 4.44. The fourth-order valence-corrected chi connectivity index (χ4v) is 3.16. The second-order valence-corrected chi connectivity index (χ2v) is 6.18. The number of fused-ring (bicyclic) bond motifs is 1. The molecule has 1 N–H and O–H groups in total. The van der Waals surface area contributed by atoms with E-state index in [2.05, 4.69) is 5.32 Å². The van der Waals surface area contributed by atoms with E-state index < -0.39 is 5.79 Å². The Kier molecular flexibility index (Phi) is 4.57. The van der Waals surface area contributed by atoms with E-state index in [0.29, 0.717) is 43.3 Å². The molecule has 0 atom stereocenters. The van der Waals surface area contributed by atoms with Crippen LogP contribution in [0.1, 0.15) is 28.8 Å². The standard InChI is InChI=1S/C16H19ClN2O4/c1-18-14(20)4-5-16(22-6-7-23-16)10-19-9-11-2-3-12(17)8-13(11)15(19)21/h2-3,8H,4-7,9-10H2,1H3,(H,18,20). The predicted octanol–water partition coefficient (Wildman–Crippen LogP) is 1.57. The van der Waals surface area contributed by atoms with Crippen molar-refractivity contribution >= 4 is 23.4 Å². The Morgan fingerprint density at radius 3 is 2.83 bits per heavy atom.